The average molecular weight is 319 g/mol. The Bertz CT molecular complexity index is 873. The molecule has 2 N–H and O–H groups in total. The van der Waals surface area contributed by atoms with E-state index < -0.39 is 0 Å². The molecular formula is C20H21N3O. The Hall–Kier alpha value is -2.88. The monoisotopic (exact) mass is 319 g/mol. The lowest BCUT2D eigenvalue weighted by atomic mass is 9.99. The third-order valence-electron chi connectivity index (χ3n) is 4.07. The van der Waals surface area contributed by atoms with Crippen molar-refractivity contribution in [1.82, 2.24) is 10.3 Å². The molecule has 0 unspecified atom stereocenters. The second-order valence-electron chi connectivity index (χ2n) is 6.05. The first kappa shape index (κ1) is 16.0. The summed E-state index contributed by atoms with van der Waals surface area (Å²) in [6.45, 7) is 4.31. The zero-order valence-electron chi connectivity index (χ0n) is 14.1. The van der Waals surface area contributed by atoms with E-state index in [1.54, 1.807) is 13.2 Å². The number of rotatable bonds is 4. The molecule has 2 aromatic carbocycles. The number of carbonyl (C=O) groups is 1. The van der Waals surface area contributed by atoms with Gasteiger partial charge in [0.15, 0.2) is 0 Å². The molecule has 24 heavy (non-hydrogen) atoms. The Morgan fingerprint density at radius 2 is 1.83 bits per heavy atom. The molecule has 4 heteroatoms. The molecule has 1 amide bonds. The van der Waals surface area contributed by atoms with Crippen LogP contribution >= 0.6 is 0 Å². The molecule has 0 saturated carbocycles. The fourth-order valence-corrected chi connectivity index (χ4v) is 2.68. The molecule has 0 aliphatic rings. The van der Waals surface area contributed by atoms with Gasteiger partial charge in [0, 0.05) is 24.3 Å². The molecule has 1 heterocycles. The zero-order chi connectivity index (χ0) is 17.1. The first-order valence-electron chi connectivity index (χ1n) is 8.07. The van der Waals surface area contributed by atoms with Gasteiger partial charge in [-0.05, 0) is 35.7 Å². The van der Waals surface area contributed by atoms with E-state index in [1.807, 2.05) is 36.4 Å². The minimum atomic E-state index is -0.155. The number of nitrogens with one attached hydrogen (secondary N) is 2. The lowest BCUT2D eigenvalue weighted by molar-refractivity contribution is 0.0963. The van der Waals surface area contributed by atoms with E-state index in [0.717, 1.165) is 22.3 Å². The number of benzene rings is 2. The highest BCUT2D eigenvalue weighted by atomic mass is 16.1. The van der Waals surface area contributed by atoms with Gasteiger partial charge in [0.05, 0.1) is 16.8 Å². The topological polar surface area (TPSA) is 54.0 Å². The fourth-order valence-electron chi connectivity index (χ4n) is 2.68. The van der Waals surface area contributed by atoms with Gasteiger partial charge in [-0.15, -0.1) is 0 Å². The molecule has 122 valence electrons. The van der Waals surface area contributed by atoms with Crippen molar-refractivity contribution in [2.45, 2.75) is 19.8 Å². The Kier molecular flexibility index (Phi) is 4.47. The quantitative estimate of drug-likeness (QED) is 0.746. The maximum atomic E-state index is 12.3. The second-order valence-corrected chi connectivity index (χ2v) is 6.05. The van der Waals surface area contributed by atoms with Crippen molar-refractivity contribution in [2.75, 3.05) is 12.4 Å². The number of carbonyl (C=O) groups excluding carboxylic acids is 1. The van der Waals surface area contributed by atoms with E-state index in [-0.39, 0.29) is 5.91 Å². The first-order chi connectivity index (χ1) is 11.6. The molecule has 0 aliphatic heterocycles. The number of para-hydroxylation sites is 1. The first-order valence-corrected chi connectivity index (χ1v) is 8.07. The molecule has 0 saturated heterocycles. The summed E-state index contributed by atoms with van der Waals surface area (Å²) in [6, 6.07) is 16.1. The van der Waals surface area contributed by atoms with E-state index in [9.17, 15) is 4.79 Å². The Labute approximate surface area is 141 Å². The van der Waals surface area contributed by atoms with Gasteiger partial charge in [-0.3, -0.25) is 9.78 Å². The van der Waals surface area contributed by atoms with Crippen LogP contribution in [-0.4, -0.2) is 17.9 Å². The highest BCUT2D eigenvalue weighted by molar-refractivity contribution is 6.08. The molecule has 0 radical (unpaired) electrons. The summed E-state index contributed by atoms with van der Waals surface area (Å²) in [6.07, 6.45) is 1.63. The van der Waals surface area contributed by atoms with Crippen LogP contribution in [-0.2, 0) is 0 Å². The Morgan fingerprint density at radius 1 is 1.08 bits per heavy atom. The highest BCUT2D eigenvalue weighted by Gasteiger charge is 2.15. The standard InChI is InChI=1S/C20H21N3O/c1-13(2)14-9-10-18-16(11-14)19(17(12-22-18)20(24)21-3)23-15-7-5-4-6-8-15/h4-13H,1-3H3,(H,21,24)(H,22,23). The molecular weight excluding hydrogens is 298 g/mol. The second kappa shape index (κ2) is 6.71. The maximum absolute atomic E-state index is 12.3. The predicted molar refractivity (Wildman–Crippen MR) is 98.9 cm³/mol. The van der Waals surface area contributed by atoms with Gasteiger partial charge >= 0.3 is 0 Å². The summed E-state index contributed by atoms with van der Waals surface area (Å²) in [5.41, 5.74) is 4.34. The molecule has 0 fully saturated rings. The smallest absolute Gasteiger partial charge is 0.254 e. The molecule has 1 aromatic heterocycles. The summed E-state index contributed by atoms with van der Waals surface area (Å²) in [4.78, 5) is 16.7. The van der Waals surface area contributed by atoms with Gasteiger partial charge < -0.3 is 10.6 Å². The van der Waals surface area contributed by atoms with Crippen molar-refractivity contribution in [2.24, 2.45) is 0 Å². The Balaban J connectivity index is 2.22. The number of hydrogen-bond donors (Lipinski definition) is 2. The lowest BCUT2D eigenvalue weighted by Gasteiger charge is -2.15. The molecule has 0 atom stereocenters. The minimum absolute atomic E-state index is 0.155. The van der Waals surface area contributed by atoms with Crippen molar-refractivity contribution < 1.29 is 4.79 Å². The van der Waals surface area contributed by atoms with E-state index in [4.69, 9.17) is 0 Å². The number of nitrogens with zero attached hydrogens (tertiary/aromatic N) is 1. The predicted octanol–water partition coefficient (Wildman–Crippen LogP) is 4.46. The van der Waals surface area contributed by atoms with Gasteiger partial charge in [-0.1, -0.05) is 38.1 Å². The third-order valence-corrected chi connectivity index (χ3v) is 4.07. The highest BCUT2D eigenvalue weighted by Crippen LogP contribution is 2.31. The van der Waals surface area contributed by atoms with Crippen LogP contribution in [0.2, 0.25) is 0 Å². The van der Waals surface area contributed by atoms with Crippen molar-refractivity contribution >= 4 is 28.2 Å². The van der Waals surface area contributed by atoms with Crippen LogP contribution in [0.4, 0.5) is 11.4 Å². The van der Waals surface area contributed by atoms with E-state index in [2.05, 4.69) is 41.6 Å². The fraction of sp³-hybridized carbons (Fsp3) is 0.200. The molecule has 0 bridgehead atoms. The van der Waals surface area contributed by atoms with Crippen molar-refractivity contribution in [1.29, 1.82) is 0 Å². The Morgan fingerprint density at radius 3 is 2.50 bits per heavy atom. The van der Waals surface area contributed by atoms with Crippen LogP contribution in [0.1, 0.15) is 35.7 Å². The summed E-state index contributed by atoms with van der Waals surface area (Å²) < 4.78 is 0. The zero-order valence-corrected chi connectivity index (χ0v) is 14.1. The average Bonchev–Trinajstić information content (AvgIpc) is 2.61. The third kappa shape index (κ3) is 3.08. The maximum Gasteiger partial charge on any atom is 0.254 e. The van der Waals surface area contributed by atoms with Crippen molar-refractivity contribution in [3.8, 4) is 0 Å². The molecule has 3 aromatic rings. The summed E-state index contributed by atoms with van der Waals surface area (Å²) in [5.74, 6) is 0.250. The van der Waals surface area contributed by atoms with Gasteiger partial charge in [-0.2, -0.15) is 0 Å². The number of amides is 1. The summed E-state index contributed by atoms with van der Waals surface area (Å²) in [7, 11) is 1.63. The molecule has 3 rings (SSSR count). The molecule has 0 aliphatic carbocycles. The van der Waals surface area contributed by atoms with Crippen molar-refractivity contribution in [3.05, 3.63) is 65.9 Å². The van der Waals surface area contributed by atoms with Gasteiger partial charge in [0.2, 0.25) is 0 Å². The number of anilines is 2. The summed E-state index contributed by atoms with van der Waals surface area (Å²) >= 11 is 0. The molecule has 0 spiro atoms. The number of fused-ring (bicyclic) bond motifs is 1. The normalized spacial score (nSPS) is 10.8. The number of hydrogen-bond acceptors (Lipinski definition) is 3. The lowest BCUT2D eigenvalue weighted by Crippen LogP contribution is -2.19. The van der Waals surface area contributed by atoms with Crippen LogP contribution in [0.15, 0.2) is 54.7 Å². The van der Waals surface area contributed by atoms with Gasteiger partial charge in [0.1, 0.15) is 0 Å². The van der Waals surface area contributed by atoms with Crippen LogP contribution in [0.5, 0.6) is 0 Å². The number of pyridine rings is 1. The van der Waals surface area contributed by atoms with Crippen LogP contribution in [0, 0.1) is 0 Å². The van der Waals surface area contributed by atoms with E-state index >= 15 is 0 Å². The van der Waals surface area contributed by atoms with E-state index in [0.29, 0.717) is 11.5 Å². The molecule has 4 nitrogen and oxygen atoms in total. The van der Waals surface area contributed by atoms with Crippen LogP contribution < -0.4 is 10.6 Å². The van der Waals surface area contributed by atoms with Gasteiger partial charge in [0.25, 0.3) is 5.91 Å². The summed E-state index contributed by atoms with van der Waals surface area (Å²) in [5, 5.41) is 7.04. The van der Waals surface area contributed by atoms with Crippen LogP contribution in [0.25, 0.3) is 10.9 Å². The SMILES string of the molecule is CNC(=O)c1cnc2ccc(C(C)C)cc2c1Nc1ccccc1. The largest absolute Gasteiger partial charge is 0.355 e. The minimum Gasteiger partial charge on any atom is -0.355 e. The van der Waals surface area contributed by atoms with E-state index in [1.165, 1.54) is 5.56 Å². The van der Waals surface area contributed by atoms with Crippen LogP contribution in [0.3, 0.4) is 0 Å². The van der Waals surface area contributed by atoms with Gasteiger partial charge in [-0.25, -0.2) is 0 Å². The van der Waals surface area contributed by atoms with Crippen molar-refractivity contribution in [3.63, 3.8) is 0 Å². The number of aromatic nitrogens is 1.